The molecule has 7 rings (SSSR count). The monoisotopic (exact) mass is 557 g/mol. The summed E-state index contributed by atoms with van der Waals surface area (Å²) in [6.45, 7) is 1.94. The van der Waals surface area contributed by atoms with Gasteiger partial charge in [0, 0.05) is 56.0 Å². The molecule has 8 nitrogen and oxygen atoms in total. The van der Waals surface area contributed by atoms with Gasteiger partial charge < -0.3 is 4.98 Å². The van der Waals surface area contributed by atoms with Crippen LogP contribution in [0.1, 0.15) is 24.2 Å². The molecule has 1 saturated heterocycles. The van der Waals surface area contributed by atoms with E-state index in [4.69, 9.17) is 4.98 Å². The van der Waals surface area contributed by atoms with Crippen LogP contribution < -0.4 is 5.56 Å². The third-order valence-corrected chi connectivity index (χ3v) is 7.92. The number of aromatic nitrogens is 6. The Kier molecular flexibility index (Phi) is 6.64. The Labute approximate surface area is 241 Å². The fourth-order valence-corrected chi connectivity index (χ4v) is 5.57. The van der Waals surface area contributed by atoms with E-state index in [2.05, 4.69) is 54.3 Å². The Hall–Kier alpha value is -5.02. The number of nitrogens with one attached hydrogen (secondary N) is 2. The van der Waals surface area contributed by atoms with Crippen molar-refractivity contribution in [2.45, 2.75) is 25.1 Å². The van der Waals surface area contributed by atoms with Crippen LogP contribution in [0.15, 0.2) is 102 Å². The molecule has 0 amide bonds. The summed E-state index contributed by atoms with van der Waals surface area (Å²) in [5.41, 5.74) is 4.40. The van der Waals surface area contributed by atoms with Gasteiger partial charge in [-0.3, -0.25) is 19.8 Å². The van der Waals surface area contributed by atoms with Gasteiger partial charge in [0.2, 0.25) is 0 Å². The molecule has 6 aromatic rings. The van der Waals surface area contributed by atoms with Crippen molar-refractivity contribution < 1.29 is 4.39 Å². The summed E-state index contributed by atoms with van der Waals surface area (Å²) >= 11 is 0. The van der Waals surface area contributed by atoms with E-state index in [0.717, 1.165) is 34.5 Å². The number of halogens is 1. The molecule has 0 aliphatic carbocycles. The fourth-order valence-electron chi connectivity index (χ4n) is 5.57. The van der Waals surface area contributed by atoms with E-state index in [1.165, 1.54) is 0 Å². The van der Waals surface area contributed by atoms with Crippen LogP contribution in [0.2, 0.25) is 0 Å². The smallest absolute Gasteiger partial charge is 0.257 e. The Morgan fingerprint density at radius 1 is 0.881 bits per heavy atom. The van der Waals surface area contributed by atoms with Crippen molar-refractivity contribution in [2.24, 2.45) is 0 Å². The molecule has 4 aromatic heterocycles. The van der Waals surface area contributed by atoms with Crippen molar-refractivity contribution in [3.63, 3.8) is 0 Å². The van der Waals surface area contributed by atoms with Gasteiger partial charge in [0.25, 0.3) is 5.56 Å². The van der Waals surface area contributed by atoms with Gasteiger partial charge in [-0.05, 0) is 35.4 Å². The van der Waals surface area contributed by atoms with Crippen LogP contribution in [0.4, 0.5) is 4.39 Å². The molecule has 2 N–H and O–H groups in total. The number of alkyl halides is 1. The van der Waals surface area contributed by atoms with Gasteiger partial charge in [0.05, 0.1) is 16.6 Å². The highest BCUT2D eigenvalue weighted by molar-refractivity contribution is 5.91. The summed E-state index contributed by atoms with van der Waals surface area (Å²) < 4.78 is 15.9. The topological polar surface area (TPSA) is 103 Å². The molecule has 0 radical (unpaired) electrons. The molecule has 9 heteroatoms. The number of aromatic amines is 2. The first kappa shape index (κ1) is 25.9. The van der Waals surface area contributed by atoms with Crippen molar-refractivity contribution >= 4 is 10.9 Å². The molecular weight excluding hydrogens is 529 g/mol. The van der Waals surface area contributed by atoms with Gasteiger partial charge >= 0.3 is 0 Å². The summed E-state index contributed by atoms with van der Waals surface area (Å²) in [5, 5.41) is 7.57. The van der Waals surface area contributed by atoms with Crippen molar-refractivity contribution in [3.8, 4) is 33.9 Å². The number of H-pyrrole nitrogens is 2. The molecule has 0 bridgehead atoms. The predicted octanol–water partition coefficient (Wildman–Crippen LogP) is 5.90. The standard InChI is InChI=1S/C33H28FN7O/c34-33(32-38-30(39-40-32)28-8-4-5-16-35-28)14-18-41(19-15-33)21-22-9-11-24(12-10-22)29-25(23-6-2-1-3-7-23)20-26-27(37-29)13-17-36-31(26)42/h1-13,16-17,20H,14-15,18-19,21H2,(H,36,42)(H,38,39,40). The van der Waals surface area contributed by atoms with Crippen LogP contribution in [0.5, 0.6) is 0 Å². The van der Waals surface area contributed by atoms with Crippen LogP contribution in [0, 0.1) is 0 Å². The summed E-state index contributed by atoms with van der Waals surface area (Å²) in [4.78, 5) is 31.1. The Morgan fingerprint density at radius 3 is 2.43 bits per heavy atom. The Morgan fingerprint density at radius 2 is 1.67 bits per heavy atom. The summed E-state index contributed by atoms with van der Waals surface area (Å²) in [6.07, 6.45) is 3.97. The van der Waals surface area contributed by atoms with Crippen LogP contribution in [-0.4, -0.2) is 48.1 Å². The van der Waals surface area contributed by atoms with E-state index in [1.807, 2.05) is 60.7 Å². The van der Waals surface area contributed by atoms with E-state index < -0.39 is 5.67 Å². The minimum absolute atomic E-state index is 0.158. The van der Waals surface area contributed by atoms with Crippen molar-refractivity contribution in [2.75, 3.05) is 13.1 Å². The largest absolute Gasteiger partial charge is 0.328 e. The number of hydrogen-bond donors (Lipinski definition) is 2. The first-order valence-electron chi connectivity index (χ1n) is 14.0. The zero-order chi connectivity index (χ0) is 28.5. The third kappa shape index (κ3) is 4.99. The molecule has 42 heavy (non-hydrogen) atoms. The van der Waals surface area contributed by atoms with Gasteiger partial charge in [-0.2, -0.15) is 5.10 Å². The summed E-state index contributed by atoms with van der Waals surface area (Å²) in [6, 6.07) is 27.6. The van der Waals surface area contributed by atoms with Crippen LogP contribution >= 0.6 is 0 Å². The molecule has 0 atom stereocenters. The molecule has 0 unspecified atom stereocenters. The first-order valence-corrected chi connectivity index (χ1v) is 14.0. The first-order chi connectivity index (χ1) is 20.6. The van der Waals surface area contributed by atoms with Crippen LogP contribution in [0.3, 0.4) is 0 Å². The number of piperidine rings is 1. The second-order valence-corrected chi connectivity index (χ2v) is 10.7. The zero-order valence-electron chi connectivity index (χ0n) is 22.8. The Balaban J connectivity index is 1.08. The number of nitrogens with zero attached hydrogens (tertiary/aromatic N) is 5. The number of fused-ring (bicyclic) bond motifs is 1. The third-order valence-electron chi connectivity index (χ3n) is 7.92. The van der Waals surface area contributed by atoms with Gasteiger partial charge in [-0.25, -0.2) is 14.4 Å². The molecule has 208 valence electrons. The maximum atomic E-state index is 15.9. The second kappa shape index (κ2) is 10.8. The average Bonchev–Trinajstić information content (AvgIpc) is 3.55. The summed E-state index contributed by atoms with van der Waals surface area (Å²) in [5.74, 6) is 0.680. The fraction of sp³-hybridized carbons (Fsp3) is 0.182. The molecular formula is C33H28FN7O. The number of benzene rings is 2. The second-order valence-electron chi connectivity index (χ2n) is 10.7. The lowest BCUT2D eigenvalue weighted by Gasteiger charge is -2.35. The lowest BCUT2D eigenvalue weighted by Crippen LogP contribution is -2.40. The molecule has 2 aromatic carbocycles. The zero-order valence-corrected chi connectivity index (χ0v) is 22.8. The highest BCUT2D eigenvalue weighted by Crippen LogP contribution is 2.36. The van der Waals surface area contributed by atoms with Crippen molar-refractivity contribution in [1.29, 1.82) is 0 Å². The predicted molar refractivity (Wildman–Crippen MR) is 160 cm³/mol. The van der Waals surface area contributed by atoms with Gasteiger partial charge in [-0.15, -0.1) is 0 Å². The Bertz CT molecular complexity index is 1900. The summed E-state index contributed by atoms with van der Waals surface area (Å²) in [7, 11) is 0. The van der Waals surface area contributed by atoms with Gasteiger partial charge in [0.1, 0.15) is 5.69 Å². The maximum Gasteiger partial charge on any atom is 0.257 e. The van der Waals surface area contributed by atoms with Crippen LogP contribution in [-0.2, 0) is 12.2 Å². The van der Waals surface area contributed by atoms with E-state index in [0.29, 0.717) is 48.4 Å². The number of hydrogen-bond acceptors (Lipinski definition) is 6. The number of rotatable bonds is 6. The van der Waals surface area contributed by atoms with Gasteiger partial charge in [-0.1, -0.05) is 60.7 Å². The van der Waals surface area contributed by atoms with E-state index in [1.54, 1.807) is 12.4 Å². The van der Waals surface area contributed by atoms with E-state index >= 15 is 4.39 Å². The van der Waals surface area contributed by atoms with Crippen LogP contribution in [0.25, 0.3) is 44.8 Å². The quantitative estimate of drug-likeness (QED) is 0.264. The van der Waals surface area contributed by atoms with Crippen molar-refractivity contribution in [1.82, 2.24) is 35.0 Å². The van der Waals surface area contributed by atoms with Crippen molar-refractivity contribution in [3.05, 3.63) is 119 Å². The minimum Gasteiger partial charge on any atom is -0.328 e. The average molecular weight is 558 g/mol. The lowest BCUT2D eigenvalue weighted by molar-refractivity contribution is 0.0455. The highest BCUT2D eigenvalue weighted by Gasteiger charge is 2.39. The normalized spacial score (nSPS) is 15.2. The highest BCUT2D eigenvalue weighted by atomic mass is 19.1. The number of pyridine rings is 3. The maximum absolute atomic E-state index is 15.9. The van der Waals surface area contributed by atoms with E-state index in [9.17, 15) is 4.79 Å². The van der Waals surface area contributed by atoms with Gasteiger partial charge in [0.15, 0.2) is 17.3 Å². The molecule has 0 saturated carbocycles. The lowest BCUT2D eigenvalue weighted by atomic mass is 9.92. The molecule has 1 aliphatic rings. The SMILES string of the molecule is O=c1[nH]ccc2nc(-c3ccc(CN4CCC(F)(c5nc(-c6ccccn6)n[nH]5)CC4)cc3)c(-c3ccccc3)cc12. The number of likely N-dealkylation sites (tertiary alicyclic amines) is 1. The molecule has 1 aliphatic heterocycles. The minimum atomic E-state index is -1.54. The van der Waals surface area contributed by atoms with E-state index in [-0.39, 0.29) is 11.4 Å². The molecule has 5 heterocycles. The molecule has 1 fully saturated rings. The molecule has 0 spiro atoms.